The van der Waals surface area contributed by atoms with Crippen LogP contribution in [0, 0.1) is 0 Å². The second-order valence-electron chi connectivity index (χ2n) is 3.06. The van der Waals surface area contributed by atoms with E-state index in [1.54, 1.807) is 0 Å². The van der Waals surface area contributed by atoms with E-state index in [0.717, 1.165) is 0 Å². The molecule has 0 aliphatic rings. The largest absolute Gasteiger partial charge is 0.507 e. The number of aromatic hydroxyl groups is 1. The van der Waals surface area contributed by atoms with Crippen molar-refractivity contribution < 1.29 is 36.2 Å². The Morgan fingerprint density at radius 2 is 1.59 bits per heavy atom. The van der Waals surface area contributed by atoms with Crippen LogP contribution in [0.2, 0.25) is 0 Å². The van der Waals surface area contributed by atoms with Crippen LogP contribution in [-0.4, -0.2) is 17.1 Å². The summed E-state index contributed by atoms with van der Waals surface area (Å²) in [4.78, 5) is 10.7. The lowest BCUT2D eigenvalue weighted by atomic mass is 10.1. The van der Waals surface area contributed by atoms with Gasteiger partial charge in [0.05, 0.1) is 11.1 Å². The first-order valence-electron chi connectivity index (χ1n) is 4.05. The smallest absolute Gasteiger partial charge is 0.455 e. The summed E-state index contributed by atoms with van der Waals surface area (Å²) in [5, 5.41) is 8.95. The van der Waals surface area contributed by atoms with Crippen LogP contribution in [0.3, 0.4) is 0 Å². The number of rotatable bonds is 1. The monoisotopic (exact) mass is 258 g/mol. The van der Waals surface area contributed by atoms with E-state index in [1.165, 1.54) is 0 Å². The molecule has 0 aliphatic carbocycles. The Bertz CT molecular complexity index is 446. The lowest BCUT2D eigenvalue weighted by Gasteiger charge is -2.11. The van der Waals surface area contributed by atoms with E-state index in [0.29, 0.717) is 12.1 Å². The normalized spacial score (nSPS) is 12.6. The third-order valence-corrected chi connectivity index (χ3v) is 1.83. The number of phenolic OH excluding ortho intramolecular Hbond substituents is 1. The van der Waals surface area contributed by atoms with Crippen molar-refractivity contribution in [3.05, 3.63) is 29.3 Å². The van der Waals surface area contributed by atoms with Gasteiger partial charge in [-0.1, -0.05) is 0 Å². The Hall–Kier alpha value is -1.73. The van der Waals surface area contributed by atoms with Crippen LogP contribution in [-0.2, 0) is 6.18 Å². The van der Waals surface area contributed by atoms with Crippen LogP contribution < -0.4 is 0 Å². The fourth-order valence-electron chi connectivity index (χ4n) is 1.05. The summed E-state index contributed by atoms with van der Waals surface area (Å²) in [6.45, 7) is 0. The number of phenols is 1. The van der Waals surface area contributed by atoms with Crippen LogP contribution in [0.15, 0.2) is 18.2 Å². The maximum atomic E-state index is 12.2. The molecular formula is C9H4F6O2. The summed E-state index contributed by atoms with van der Waals surface area (Å²) >= 11 is 0. The zero-order chi connectivity index (χ0) is 13.4. The zero-order valence-electron chi connectivity index (χ0n) is 7.86. The van der Waals surface area contributed by atoms with E-state index in [9.17, 15) is 31.1 Å². The van der Waals surface area contributed by atoms with Gasteiger partial charge in [0.1, 0.15) is 5.75 Å². The predicted molar refractivity (Wildman–Crippen MR) is 43.5 cm³/mol. The van der Waals surface area contributed by atoms with Crippen molar-refractivity contribution in [2.24, 2.45) is 0 Å². The Labute approximate surface area is 90.5 Å². The van der Waals surface area contributed by atoms with Gasteiger partial charge in [-0.3, -0.25) is 4.79 Å². The van der Waals surface area contributed by atoms with Gasteiger partial charge >= 0.3 is 12.4 Å². The summed E-state index contributed by atoms with van der Waals surface area (Å²) in [6, 6.07) is 0.732. The van der Waals surface area contributed by atoms with Crippen LogP contribution in [0.1, 0.15) is 15.9 Å². The molecule has 8 heteroatoms. The van der Waals surface area contributed by atoms with Gasteiger partial charge in [-0.05, 0) is 18.2 Å². The first kappa shape index (κ1) is 13.3. The first-order chi connectivity index (χ1) is 7.53. The second kappa shape index (κ2) is 3.94. The number of Topliss-reactive ketones (excluding diaryl/α,β-unsaturated/α-hetero) is 1. The van der Waals surface area contributed by atoms with E-state index in [4.69, 9.17) is 5.11 Å². The highest BCUT2D eigenvalue weighted by Crippen LogP contribution is 2.34. The first-order valence-corrected chi connectivity index (χ1v) is 4.05. The van der Waals surface area contributed by atoms with Gasteiger partial charge < -0.3 is 5.11 Å². The van der Waals surface area contributed by atoms with Crippen LogP contribution in [0.25, 0.3) is 0 Å². The standard InChI is InChI=1S/C9H4F6O2/c10-8(11,12)4-1-2-6(16)5(3-4)7(17)9(13,14)15/h1-3,16H. The maximum absolute atomic E-state index is 12.2. The van der Waals surface area contributed by atoms with Crippen molar-refractivity contribution in [2.75, 3.05) is 0 Å². The second-order valence-corrected chi connectivity index (χ2v) is 3.06. The van der Waals surface area contributed by atoms with Crippen molar-refractivity contribution in [3.63, 3.8) is 0 Å². The predicted octanol–water partition coefficient (Wildman–Crippen LogP) is 3.16. The SMILES string of the molecule is O=C(c1cc(C(F)(F)F)ccc1O)C(F)(F)F. The highest BCUT2D eigenvalue weighted by Gasteiger charge is 2.42. The Morgan fingerprint density at radius 1 is 1.06 bits per heavy atom. The number of carbonyl (C=O) groups is 1. The number of benzene rings is 1. The summed E-state index contributed by atoms with van der Waals surface area (Å²) in [6.07, 6.45) is -10.2. The molecular weight excluding hydrogens is 254 g/mol. The van der Waals surface area contributed by atoms with Crippen LogP contribution in [0.4, 0.5) is 26.3 Å². The molecule has 2 nitrogen and oxygen atoms in total. The summed E-state index contributed by atoms with van der Waals surface area (Å²) in [5.41, 5.74) is -2.87. The molecule has 0 saturated heterocycles. The molecule has 0 spiro atoms. The number of hydrogen-bond acceptors (Lipinski definition) is 2. The molecule has 1 rings (SSSR count). The lowest BCUT2D eigenvalue weighted by Crippen LogP contribution is -2.23. The van der Waals surface area contributed by atoms with Gasteiger partial charge in [0.2, 0.25) is 0 Å². The molecule has 1 aromatic carbocycles. The topological polar surface area (TPSA) is 37.3 Å². The van der Waals surface area contributed by atoms with E-state index >= 15 is 0 Å². The zero-order valence-corrected chi connectivity index (χ0v) is 7.86. The summed E-state index contributed by atoms with van der Waals surface area (Å²) in [5.74, 6) is -3.68. The van der Waals surface area contributed by atoms with Crippen molar-refractivity contribution in [2.45, 2.75) is 12.4 Å². The molecule has 0 fully saturated rings. The number of hydrogen-bond donors (Lipinski definition) is 1. The Morgan fingerprint density at radius 3 is 2.00 bits per heavy atom. The van der Waals surface area contributed by atoms with Crippen LogP contribution >= 0.6 is 0 Å². The van der Waals surface area contributed by atoms with E-state index in [1.807, 2.05) is 0 Å². The minimum Gasteiger partial charge on any atom is -0.507 e. The average molecular weight is 258 g/mol. The van der Waals surface area contributed by atoms with Gasteiger partial charge in [0.15, 0.2) is 0 Å². The minimum absolute atomic E-state index is 0.0366. The molecule has 0 radical (unpaired) electrons. The minimum atomic E-state index is -5.35. The fraction of sp³-hybridized carbons (Fsp3) is 0.222. The quantitative estimate of drug-likeness (QED) is 0.620. The third kappa shape index (κ3) is 2.89. The number of carbonyl (C=O) groups excluding carboxylic acids is 1. The number of halogens is 6. The van der Waals surface area contributed by atoms with Crippen molar-refractivity contribution in [1.29, 1.82) is 0 Å². The van der Waals surface area contributed by atoms with Gasteiger partial charge in [-0.15, -0.1) is 0 Å². The Kier molecular flexibility index (Phi) is 3.09. The van der Waals surface area contributed by atoms with Gasteiger partial charge in [-0.25, -0.2) is 0 Å². The average Bonchev–Trinajstić information content (AvgIpc) is 2.14. The molecule has 94 valence electrons. The van der Waals surface area contributed by atoms with E-state index < -0.39 is 35.0 Å². The van der Waals surface area contributed by atoms with Crippen molar-refractivity contribution >= 4 is 5.78 Å². The van der Waals surface area contributed by atoms with Crippen molar-refractivity contribution in [1.82, 2.24) is 0 Å². The van der Waals surface area contributed by atoms with E-state index in [-0.39, 0.29) is 6.07 Å². The molecule has 0 heterocycles. The van der Waals surface area contributed by atoms with Gasteiger partial charge in [0.25, 0.3) is 5.78 Å². The molecule has 0 aromatic heterocycles. The third-order valence-electron chi connectivity index (χ3n) is 1.83. The number of alkyl halides is 6. The molecule has 1 N–H and O–H groups in total. The van der Waals surface area contributed by atoms with Gasteiger partial charge in [0, 0.05) is 0 Å². The summed E-state index contributed by atoms with van der Waals surface area (Å²) < 4.78 is 72.6. The number of ketones is 1. The highest BCUT2D eigenvalue weighted by atomic mass is 19.4. The molecule has 0 aliphatic heterocycles. The van der Waals surface area contributed by atoms with E-state index in [2.05, 4.69) is 0 Å². The lowest BCUT2D eigenvalue weighted by molar-refractivity contribution is -0.137. The molecule has 0 saturated carbocycles. The highest BCUT2D eigenvalue weighted by molar-refractivity contribution is 6.02. The van der Waals surface area contributed by atoms with Gasteiger partial charge in [-0.2, -0.15) is 26.3 Å². The molecule has 0 bridgehead atoms. The molecule has 1 aromatic rings. The Balaban J connectivity index is 3.30. The molecule has 0 unspecified atom stereocenters. The van der Waals surface area contributed by atoms with Crippen LogP contribution in [0.5, 0.6) is 5.75 Å². The maximum Gasteiger partial charge on any atom is 0.455 e. The molecule has 17 heavy (non-hydrogen) atoms. The fourth-order valence-corrected chi connectivity index (χ4v) is 1.05. The van der Waals surface area contributed by atoms with Crippen molar-refractivity contribution in [3.8, 4) is 5.75 Å². The molecule has 0 atom stereocenters. The molecule has 0 amide bonds. The summed E-state index contributed by atoms with van der Waals surface area (Å²) in [7, 11) is 0.